The van der Waals surface area contributed by atoms with Crippen LogP contribution in [-0.4, -0.2) is 33.7 Å². The van der Waals surface area contributed by atoms with Gasteiger partial charge in [-0.15, -0.1) is 0 Å². The maximum Gasteiger partial charge on any atom is 0.294 e. The first-order chi connectivity index (χ1) is 12.1. The smallest absolute Gasteiger partial charge is 0.294 e. The molecule has 0 radical (unpaired) electrons. The molecule has 6 nitrogen and oxygen atoms in total. The fourth-order valence-corrected chi connectivity index (χ4v) is 4.11. The molecular weight excluding hydrogens is 376 g/mol. The van der Waals surface area contributed by atoms with E-state index >= 15 is 0 Å². The minimum atomic E-state index is -4.18. The van der Waals surface area contributed by atoms with Crippen LogP contribution in [0.4, 0.5) is 0 Å². The van der Waals surface area contributed by atoms with Crippen molar-refractivity contribution in [3.05, 3.63) is 53.6 Å². The van der Waals surface area contributed by atoms with E-state index in [1.54, 1.807) is 30.3 Å². The van der Waals surface area contributed by atoms with Gasteiger partial charge < -0.3 is 4.74 Å². The van der Waals surface area contributed by atoms with Crippen molar-refractivity contribution in [3.63, 3.8) is 0 Å². The van der Waals surface area contributed by atoms with Crippen molar-refractivity contribution in [2.24, 2.45) is 0 Å². The topological polar surface area (TPSA) is 97.7 Å². The Kier molecular flexibility index (Phi) is 5.09. The third-order valence-corrected chi connectivity index (χ3v) is 6.45. The second-order valence-corrected chi connectivity index (χ2v) is 9.92. The fraction of sp³-hybridized carbons (Fsp3) is 0.333. The summed E-state index contributed by atoms with van der Waals surface area (Å²) in [5.41, 5.74) is 1.95. The van der Waals surface area contributed by atoms with E-state index in [9.17, 15) is 16.8 Å². The Balaban J connectivity index is 1.66. The Morgan fingerprint density at radius 2 is 1.69 bits per heavy atom. The Hall–Kier alpha value is -1.90. The Morgan fingerprint density at radius 3 is 2.31 bits per heavy atom. The van der Waals surface area contributed by atoms with Gasteiger partial charge in [0.15, 0.2) is 9.84 Å². The van der Waals surface area contributed by atoms with Gasteiger partial charge in [0.1, 0.15) is 5.75 Å². The summed E-state index contributed by atoms with van der Waals surface area (Å²) in [5.74, 6) is 0.617. The predicted octanol–water partition coefficient (Wildman–Crippen LogP) is 2.66. The van der Waals surface area contributed by atoms with Gasteiger partial charge in [0.2, 0.25) is 0 Å². The van der Waals surface area contributed by atoms with E-state index in [0.717, 1.165) is 30.4 Å². The lowest BCUT2D eigenvalue weighted by atomic mass is 9.98. The molecule has 0 bridgehead atoms. The highest BCUT2D eigenvalue weighted by Crippen LogP contribution is 2.31. The van der Waals surface area contributed by atoms with Crippen LogP contribution in [0.3, 0.4) is 0 Å². The molecule has 0 spiro atoms. The van der Waals surface area contributed by atoms with Gasteiger partial charge in [0.05, 0.1) is 15.9 Å². The minimum Gasteiger partial charge on any atom is -0.490 e. The van der Waals surface area contributed by atoms with E-state index in [-0.39, 0.29) is 15.9 Å². The van der Waals surface area contributed by atoms with Crippen LogP contribution in [0.2, 0.25) is 0 Å². The van der Waals surface area contributed by atoms with Crippen molar-refractivity contribution in [2.75, 3.05) is 6.26 Å². The first kappa shape index (κ1) is 18.9. The molecule has 0 fully saturated rings. The second-order valence-electron chi connectivity index (χ2n) is 6.48. The molecule has 2 aromatic carbocycles. The molecule has 0 saturated heterocycles. The van der Waals surface area contributed by atoms with Crippen molar-refractivity contribution in [1.82, 2.24) is 0 Å². The van der Waals surface area contributed by atoms with Gasteiger partial charge in [-0.25, -0.2) is 8.42 Å². The molecule has 26 heavy (non-hydrogen) atoms. The summed E-state index contributed by atoms with van der Waals surface area (Å²) in [6, 6.07) is 11.1. The number of hydrogen-bond donors (Lipinski definition) is 1. The zero-order chi connectivity index (χ0) is 18.9. The zero-order valence-electron chi connectivity index (χ0n) is 14.3. The van der Waals surface area contributed by atoms with E-state index < -0.39 is 20.0 Å². The molecule has 1 atom stereocenters. The van der Waals surface area contributed by atoms with Crippen LogP contribution in [0.1, 0.15) is 24.0 Å². The highest BCUT2D eigenvalue weighted by atomic mass is 32.2. The molecule has 3 rings (SSSR count). The molecular formula is C18H20O6S2. The normalized spacial score (nSPS) is 17.4. The Labute approximate surface area is 153 Å². The molecule has 0 aliphatic carbocycles. The first-order valence-corrected chi connectivity index (χ1v) is 11.5. The zero-order valence-corrected chi connectivity index (χ0v) is 15.9. The molecule has 1 heterocycles. The van der Waals surface area contributed by atoms with E-state index in [1.807, 2.05) is 0 Å². The molecule has 140 valence electrons. The highest BCUT2D eigenvalue weighted by molar-refractivity contribution is 7.90. The second kappa shape index (κ2) is 7.02. The molecule has 1 aliphatic heterocycles. The van der Waals surface area contributed by atoms with Crippen molar-refractivity contribution in [1.29, 1.82) is 0 Å². The molecule has 1 aliphatic rings. The summed E-state index contributed by atoms with van der Waals surface area (Å²) in [4.78, 5) is 0.120. The van der Waals surface area contributed by atoms with E-state index in [0.29, 0.717) is 12.2 Å². The lowest BCUT2D eigenvalue weighted by Gasteiger charge is -2.26. The van der Waals surface area contributed by atoms with Crippen molar-refractivity contribution >= 4 is 20.0 Å². The van der Waals surface area contributed by atoms with E-state index in [4.69, 9.17) is 9.29 Å². The lowest BCUT2D eigenvalue weighted by molar-refractivity contribution is 0.164. The molecule has 1 N–H and O–H groups in total. The third-order valence-electron chi connectivity index (χ3n) is 4.47. The van der Waals surface area contributed by atoms with Gasteiger partial charge in [-0.05, 0) is 61.1 Å². The van der Waals surface area contributed by atoms with Gasteiger partial charge in [-0.2, -0.15) is 8.42 Å². The van der Waals surface area contributed by atoms with Crippen molar-refractivity contribution < 1.29 is 26.1 Å². The average molecular weight is 396 g/mol. The maximum atomic E-state index is 11.7. The molecule has 0 aromatic heterocycles. The van der Waals surface area contributed by atoms with Crippen LogP contribution < -0.4 is 4.74 Å². The average Bonchev–Trinajstić information content (AvgIpc) is 2.58. The first-order valence-electron chi connectivity index (χ1n) is 8.19. The number of rotatable bonds is 5. The molecule has 2 aromatic rings. The predicted molar refractivity (Wildman–Crippen MR) is 96.9 cm³/mol. The van der Waals surface area contributed by atoms with Crippen LogP contribution in [-0.2, 0) is 32.8 Å². The summed E-state index contributed by atoms with van der Waals surface area (Å²) >= 11 is 0. The van der Waals surface area contributed by atoms with Gasteiger partial charge in [-0.1, -0.05) is 18.2 Å². The number of sulfone groups is 1. The molecule has 1 unspecified atom stereocenters. The number of hydrogen-bond acceptors (Lipinski definition) is 5. The van der Waals surface area contributed by atoms with Crippen LogP contribution in [0.15, 0.2) is 52.3 Å². The van der Waals surface area contributed by atoms with Crippen LogP contribution in [0, 0.1) is 0 Å². The van der Waals surface area contributed by atoms with Crippen LogP contribution in [0.25, 0.3) is 0 Å². The van der Waals surface area contributed by atoms with E-state index in [1.165, 1.54) is 18.4 Å². The quantitative estimate of drug-likeness (QED) is 0.781. The van der Waals surface area contributed by atoms with E-state index in [2.05, 4.69) is 0 Å². The Morgan fingerprint density at radius 1 is 1.04 bits per heavy atom. The highest BCUT2D eigenvalue weighted by Gasteiger charge is 2.21. The van der Waals surface area contributed by atoms with Crippen molar-refractivity contribution in [3.8, 4) is 5.75 Å². The van der Waals surface area contributed by atoms with Gasteiger partial charge in [0, 0.05) is 6.26 Å². The number of benzene rings is 2. The van der Waals surface area contributed by atoms with Gasteiger partial charge >= 0.3 is 0 Å². The van der Waals surface area contributed by atoms with Crippen molar-refractivity contribution in [2.45, 2.75) is 41.6 Å². The van der Waals surface area contributed by atoms with Crippen LogP contribution in [0.5, 0.6) is 5.75 Å². The monoisotopic (exact) mass is 396 g/mol. The third kappa shape index (κ3) is 4.44. The summed E-state index contributed by atoms with van der Waals surface area (Å²) < 4.78 is 60.5. The minimum absolute atomic E-state index is 0.0291. The Bertz CT molecular complexity index is 1010. The number of aryl methyl sites for hydroxylation is 2. The number of fused-ring (bicyclic) bond motifs is 1. The van der Waals surface area contributed by atoms with Gasteiger partial charge in [-0.3, -0.25) is 4.55 Å². The molecule has 0 saturated carbocycles. The standard InChI is InChI=1S/C18H20O6S2/c1-25(19,20)17-11-6-14-5-8-15(24-18(14)12-17)7-2-13-3-9-16(10-4-13)26(21,22)23/h3-4,6,9-12,15H,2,5,7-8H2,1H3,(H,21,22,23). The largest absolute Gasteiger partial charge is 0.490 e. The van der Waals surface area contributed by atoms with Gasteiger partial charge in [0.25, 0.3) is 10.1 Å². The molecule has 0 amide bonds. The summed E-state index contributed by atoms with van der Waals surface area (Å²) in [5, 5.41) is 0. The maximum absolute atomic E-state index is 11.7. The summed E-state index contributed by atoms with van der Waals surface area (Å²) in [6.07, 6.45) is 4.23. The number of ether oxygens (including phenoxy) is 1. The fourth-order valence-electron chi connectivity index (χ4n) is 3.00. The lowest BCUT2D eigenvalue weighted by Crippen LogP contribution is -2.23. The summed E-state index contributed by atoms with van der Waals surface area (Å²) in [7, 11) is -7.45. The SMILES string of the molecule is CS(=O)(=O)c1ccc2c(c1)OC(CCc1ccc(S(=O)(=O)O)cc1)CC2. The molecule has 8 heteroatoms. The summed E-state index contributed by atoms with van der Waals surface area (Å²) in [6.45, 7) is 0. The van der Waals surface area contributed by atoms with Crippen LogP contribution >= 0.6 is 0 Å².